The van der Waals surface area contributed by atoms with Gasteiger partial charge in [-0.25, -0.2) is 4.99 Å². The molecule has 12 heteroatoms. The predicted molar refractivity (Wildman–Crippen MR) is 155 cm³/mol. The van der Waals surface area contributed by atoms with Gasteiger partial charge in [0.2, 0.25) is 0 Å². The molecule has 0 unspecified atom stereocenters. The van der Waals surface area contributed by atoms with Crippen LogP contribution in [0, 0.1) is 23.8 Å². The van der Waals surface area contributed by atoms with Crippen LogP contribution in [0.3, 0.4) is 0 Å². The molecule has 0 spiro atoms. The van der Waals surface area contributed by atoms with Crippen LogP contribution in [0.5, 0.6) is 0 Å². The average molecular weight is 627 g/mol. The number of nitro groups is 2. The molecule has 0 saturated carbocycles. The largest absolute Gasteiger partial charge is 0.307 e. The number of hydrogen-bond acceptors (Lipinski definition) is 7. The van der Waals surface area contributed by atoms with E-state index in [1.54, 1.807) is 0 Å². The zero-order valence-corrected chi connectivity index (χ0v) is 22.1. The van der Waals surface area contributed by atoms with Crippen molar-refractivity contribution in [2.24, 2.45) is 10.8 Å². The first kappa shape index (κ1) is 26.0. The highest BCUT2D eigenvalue weighted by molar-refractivity contribution is 14.1. The summed E-state index contributed by atoms with van der Waals surface area (Å²) in [6, 6.07) is 24.9. The number of nitrogens with zero attached hydrogens (tertiary/aromatic N) is 3. The van der Waals surface area contributed by atoms with Gasteiger partial charge in [0.15, 0.2) is 0 Å². The van der Waals surface area contributed by atoms with Crippen LogP contribution in [0.1, 0.15) is 5.56 Å². The third-order valence-corrected chi connectivity index (χ3v) is 6.84. The summed E-state index contributed by atoms with van der Waals surface area (Å²) in [6.45, 7) is 0. The molecule has 0 radical (unpaired) electrons. The number of nitro benzene ring substituents is 2. The van der Waals surface area contributed by atoms with E-state index in [0.29, 0.717) is 16.6 Å². The lowest BCUT2D eigenvalue weighted by atomic mass is 10.1. The maximum absolute atomic E-state index is 11.5. The number of hydrogen-bond donors (Lipinski definition) is 3. The SMILES string of the molecule is NC(=[NH+]c1cccc2ccccc12)SC/C(=N\Nc1ccc([N+](=O)[O-])cc1[N+](=O)[O-])c1ccc(I)cc1. The van der Waals surface area contributed by atoms with Gasteiger partial charge in [0, 0.05) is 15.0 Å². The number of benzene rings is 4. The average Bonchev–Trinajstić information content (AvgIpc) is 2.89. The monoisotopic (exact) mass is 627 g/mol. The highest BCUT2D eigenvalue weighted by Gasteiger charge is 2.20. The molecule has 0 fully saturated rings. The maximum Gasteiger partial charge on any atom is 0.307 e. The van der Waals surface area contributed by atoms with Crippen LogP contribution in [0.4, 0.5) is 22.7 Å². The van der Waals surface area contributed by atoms with Gasteiger partial charge in [-0.05, 0) is 69.6 Å². The number of nitrogens with one attached hydrogen (secondary N) is 2. The van der Waals surface area contributed by atoms with Crippen molar-refractivity contribution in [2.75, 3.05) is 11.2 Å². The minimum atomic E-state index is -0.690. The summed E-state index contributed by atoms with van der Waals surface area (Å²) in [4.78, 5) is 24.4. The quantitative estimate of drug-likeness (QED) is 0.0854. The third kappa shape index (κ3) is 6.59. The van der Waals surface area contributed by atoms with Crippen LogP contribution in [0.2, 0.25) is 0 Å². The second kappa shape index (κ2) is 11.8. The molecule has 0 aromatic heterocycles. The summed E-state index contributed by atoms with van der Waals surface area (Å²) in [5, 5.41) is 29.5. The Morgan fingerprint density at radius 3 is 2.43 bits per heavy atom. The Bertz CT molecular complexity index is 1540. The van der Waals surface area contributed by atoms with Crippen LogP contribution >= 0.6 is 34.4 Å². The number of nitrogens with two attached hydrogens (primary N) is 1. The fraction of sp³-hybridized carbons (Fsp3) is 0.0400. The molecule has 10 nitrogen and oxygen atoms in total. The Labute approximate surface area is 229 Å². The molecule has 0 saturated heterocycles. The second-order valence-electron chi connectivity index (χ2n) is 7.70. The zero-order chi connectivity index (χ0) is 26.4. The Morgan fingerprint density at radius 1 is 0.973 bits per heavy atom. The fourth-order valence-corrected chi connectivity index (χ4v) is 4.54. The predicted octanol–water partition coefficient (Wildman–Crippen LogP) is 4.54. The first-order chi connectivity index (χ1) is 17.8. The van der Waals surface area contributed by atoms with Gasteiger partial charge in [-0.3, -0.25) is 31.4 Å². The topological polar surface area (TPSA) is 151 Å². The van der Waals surface area contributed by atoms with E-state index >= 15 is 0 Å². The molecule has 0 aliphatic heterocycles. The second-order valence-corrected chi connectivity index (χ2v) is 9.96. The van der Waals surface area contributed by atoms with Crippen LogP contribution in [0.15, 0.2) is 90.0 Å². The van der Waals surface area contributed by atoms with E-state index in [0.717, 1.165) is 31.7 Å². The molecule has 4 rings (SSSR count). The number of halogens is 1. The van der Waals surface area contributed by atoms with Crippen molar-refractivity contribution in [3.8, 4) is 0 Å². The minimum Gasteiger partial charge on any atom is -0.281 e. The van der Waals surface area contributed by atoms with Gasteiger partial charge in [0.1, 0.15) is 11.4 Å². The summed E-state index contributed by atoms with van der Waals surface area (Å²) in [5.74, 6) is 0.345. The van der Waals surface area contributed by atoms with Gasteiger partial charge in [-0.15, -0.1) is 0 Å². The number of fused-ring (bicyclic) bond motifs is 1. The lowest BCUT2D eigenvalue weighted by molar-refractivity contribution is -0.393. The van der Waals surface area contributed by atoms with Gasteiger partial charge in [0.05, 0.1) is 27.4 Å². The van der Waals surface area contributed by atoms with Crippen molar-refractivity contribution in [3.05, 3.63) is 114 Å². The number of anilines is 1. The molecule has 0 bridgehead atoms. The van der Waals surface area contributed by atoms with Gasteiger partial charge < -0.3 is 0 Å². The summed E-state index contributed by atoms with van der Waals surface area (Å²) < 4.78 is 1.04. The van der Waals surface area contributed by atoms with Gasteiger partial charge in [0.25, 0.3) is 5.69 Å². The zero-order valence-electron chi connectivity index (χ0n) is 19.1. The van der Waals surface area contributed by atoms with Crippen LogP contribution < -0.4 is 16.2 Å². The van der Waals surface area contributed by atoms with E-state index in [-0.39, 0.29) is 11.4 Å². The van der Waals surface area contributed by atoms with Crippen molar-refractivity contribution < 1.29 is 14.8 Å². The summed E-state index contributed by atoms with van der Waals surface area (Å²) in [6.07, 6.45) is 0. The molecular weight excluding hydrogens is 607 g/mol. The van der Waals surface area contributed by atoms with E-state index in [2.05, 4.69) is 38.1 Å². The highest BCUT2D eigenvalue weighted by Crippen LogP contribution is 2.29. The lowest BCUT2D eigenvalue weighted by Crippen LogP contribution is -2.68. The maximum atomic E-state index is 11.5. The Kier molecular flexibility index (Phi) is 8.30. The molecule has 0 atom stereocenters. The van der Waals surface area contributed by atoms with E-state index in [9.17, 15) is 20.2 Å². The molecule has 186 valence electrons. The summed E-state index contributed by atoms with van der Waals surface area (Å²) >= 11 is 3.52. The molecular formula is C25H20IN6O4S+. The first-order valence-corrected chi connectivity index (χ1v) is 12.9. The smallest absolute Gasteiger partial charge is 0.281 e. The number of thioether (sulfide) groups is 1. The van der Waals surface area contributed by atoms with Crippen LogP contribution in [-0.4, -0.2) is 26.5 Å². The lowest BCUT2D eigenvalue weighted by Gasteiger charge is -2.08. The van der Waals surface area contributed by atoms with Crippen molar-refractivity contribution in [3.63, 3.8) is 0 Å². The Balaban J connectivity index is 1.61. The van der Waals surface area contributed by atoms with E-state index in [1.807, 2.05) is 66.7 Å². The molecule has 0 amide bonds. The number of amidine groups is 1. The molecule has 4 N–H and O–H groups in total. The Morgan fingerprint density at radius 2 is 1.70 bits per heavy atom. The minimum absolute atomic E-state index is 0.0365. The summed E-state index contributed by atoms with van der Waals surface area (Å²) in [5.41, 5.74) is 10.5. The van der Waals surface area contributed by atoms with Gasteiger partial charge >= 0.3 is 10.9 Å². The molecule has 0 heterocycles. The van der Waals surface area contributed by atoms with Crippen molar-refractivity contribution in [1.29, 1.82) is 0 Å². The van der Waals surface area contributed by atoms with Crippen molar-refractivity contribution >= 4 is 78.8 Å². The molecule has 4 aromatic rings. The number of rotatable bonds is 8. The molecule has 0 aliphatic carbocycles. The van der Waals surface area contributed by atoms with Crippen molar-refractivity contribution in [2.45, 2.75) is 0 Å². The molecule has 37 heavy (non-hydrogen) atoms. The normalized spacial score (nSPS) is 11.9. The number of hydrazone groups is 1. The highest BCUT2D eigenvalue weighted by atomic mass is 127. The summed E-state index contributed by atoms with van der Waals surface area (Å²) in [7, 11) is 0. The third-order valence-electron chi connectivity index (χ3n) is 5.29. The fourth-order valence-electron chi connectivity index (χ4n) is 3.48. The standard InChI is InChI=1S/C25H19IN6O4S/c26-18-10-8-17(9-11-18)23(30-29-22-13-12-19(31(33)34)14-24(22)32(35)36)15-37-25(27)28-21-7-3-5-16-4-1-2-6-20(16)21/h1-14,29H,15H2,(H2,27,28)/p+1/b30-23+. The Hall–Kier alpha value is -4.04. The van der Waals surface area contributed by atoms with E-state index < -0.39 is 15.5 Å². The number of non-ortho nitro benzene ring substituents is 1. The van der Waals surface area contributed by atoms with Crippen LogP contribution in [0.25, 0.3) is 10.8 Å². The molecule has 0 aliphatic rings. The van der Waals surface area contributed by atoms with E-state index in [1.165, 1.54) is 23.9 Å². The first-order valence-electron chi connectivity index (χ1n) is 10.8. The van der Waals surface area contributed by atoms with Gasteiger partial charge in [-0.1, -0.05) is 48.5 Å². The van der Waals surface area contributed by atoms with E-state index in [4.69, 9.17) is 5.73 Å². The van der Waals surface area contributed by atoms with Crippen LogP contribution in [-0.2, 0) is 0 Å². The van der Waals surface area contributed by atoms with Gasteiger partial charge in [-0.2, -0.15) is 5.10 Å². The van der Waals surface area contributed by atoms with Crippen molar-refractivity contribution in [1.82, 2.24) is 0 Å². The molecule has 4 aromatic carbocycles.